The van der Waals surface area contributed by atoms with Crippen molar-refractivity contribution in [2.75, 3.05) is 17.9 Å². The Morgan fingerprint density at radius 3 is 2.65 bits per heavy atom. The number of hydrogen-bond donors (Lipinski definition) is 5. The van der Waals surface area contributed by atoms with Gasteiger partial charge in [0.2, 0.25) is 11.6 Å². The first kappa shape index (κ1) is 26.9. The van der Waals surface area contributed by atoms with E-state index >= 15 is 0 Å². The van der Waals surface area contributed by atoms with Crippen molar-refractivity contribution >= 4 is 38.6 Å². The number of sulfonamides is 1. The topological polar surface area (TPSA) is 180 Å². The van der Waals surface area contributed by atoms with Crippen molar-refractivity contribution in [1.82, 2.24) is 5.32 Å². The number of hydrogen-bond acceptors (Lipinski definition) is 10. The molecule has 0 saturated carbocycles. The van der Waals surface area contributed by atoms with Crippen molar-refractivity contribution in [3.63, 3.8) is 0 Å². The predicted molar refractivity (Wildman–Crippen MR) is 143 cm³/mol. The zero-order valence-electron chi connectivity index (χ0n) is 20.0. The minimum Gasteiger partial charge on any atom is -0.493 e. The van der Waals surface area contributed by atoms with E-state index in [2.05, 4.69) is 10.0 Å². The summed E-state index contributed by atoms with van der Waals surface area (Å²) in [4.78, 5) is 25.6. The maximum Gasteiger partial charge on any atom is 0.262 e. The van der Waals surface area contributed by atoms with Gasteiger partial charge in [-0.2, -0.15) is 0 Å². The van der Waals surface area contributed by atoms with E-state index in [0.29, 0.717) is 25.1 Å². The summed E-state index contributed by atoms with van der Waals surface area (Å²) >= 11 is 0.973. The van der Waals surface area contributed by atoms with Gasteiger partial charge in [-0.1, -0.05) is 24.3 Å². The van der Waals surface area contributed by atoms with Gasteiger partial charge in [-0.05, 0) is 60.2 Å². The van der Waals surface area contributed by atoms with Crippen molar-refractivity contribution in [3.8, 4) is 16.9 Å². The molecule has 0 radical (unpaired) electrons. The van der Waals surface area contributed by atoms with E-state index in [1.54, 1.807) is 23.6 Å². The first-order chi connectivity index (χ1) is 17.7. The van der Waals surface area contributed by atoms with E-state index in [4.69, 9.17) is 21.9 Å². The summed E-state index contributed by atoms with van der Waals surface area (Å²) in [5.74, 6) is -0.831. The summed E-state index contributed by atoms with van der Waals surface area (Å²) < 4.78 is 35.0. The van der Waals surface area contributed by atoms with Gasteiger partial charge >= 0.3 is 0 Å². The fraction of sp³-hybridized carbons (Fsp3) is 0.280. The molecule has 196 valence electrons. The largest absolute Gasteiger partial charge is 0.493 e. The fourth-order valence-electron chi connectivity index (χ4n) is 4.06. The lowest BCUT2D eigenvalue weighted by atomic mass is 10.0. The quantitative estimate of drug-likeness (QED) is 0.0985. The molecule has 37 heavy (non-hydrogen) atoms. The van der Waals surface area contributed by atoms with Gasteiger partial charge in [-0.25, -0.2) is 8.42 Å². The van der Waals surface area contributed by atoms with Crippen LogP contribution in [0, 0.1) is 0 Å². The predicted octanol–water partition coefficient (Wildman–Crippen LogP) is 1.80. The molecule has 12 heteroatoms. The molecule has 0 aliphatic carbocycles. The van der Waals surface area contributed by atoms with Crippen molar-refractivity contribution in [2.24, 2.45) is 17.2 Å². The first-order valence-electron chi connectivity index (χ1n) is 11.7. The number of nitrogens with one attached hydrogen (secondary N) is 2. The van der Waals surface area contributed by atoms with Crippen LogP contribution < -0.4 is 32.0 Å². The van der Waals surface area contributed by atoms with Crippen molar-refractivity contribution in [2.45, 2.75) is 36.5 Å². The molecular weight excluding hydrogens is 514 g/mol. The number of ether oxygens (including phenoxy) is 1. The van der Waals surface area contributed by atoms with E-state index in [0.717, 1.165) is 34.6 Å². The van der Waals surface area contributed by atoms with Crippen LogP contribution in [0.2, 0.25) is 0 Å². The summed E-state index contributed by atoms with van der Waals surface area (Å²) in [6.07, 6.45) is 0.803. The molecule has 1 aromatic heterocycles. The van der Waals surface area contributed by atoms with Crippen molar-refractivity contribution in [3.05, 3.63) is 64.4 Å². The molecule has 0 bridgehead atoms. The number of benzene rings is 2. The van der Waals surface area contributed by atoms with E-state index in [1.807, 2.05) is 18.2 Å². The molecule has 0 fully saturated rings. The number of rotatable bonds is 12. The SMILES string of the molecule is NC(N)NCCC[C@H](N)C(=O)C(=O)c1sccc1NS(=O)(=O)c1ccccc1-c1ccc2c(c1)CCO2. The van der Waals surface area contributed by atoms with E-state index < -0.39 is 33.9 Å². The molecule has 0 unspecified atom stereocenters. The van der Waals surface area contributed by atoms with Crippen LogP contribution in [0.3, 0.4) is 0 Å². The summed E-state index contributed by atoms with van der Waals surface area (Å²) in [6, 6.07) is 12.6. The molecule has 1 atom stereocenters. The lowest BCUT2D eigenvalue weighted by Crippen LogP contribution is -2.46. The Morgan fingerprint density at radius 2 is 1.86 bits per heavy atom. The third kappa shape index (κ3) is 6.24. The van der Waals surface area contributed by atoms with Gasteiger partial charge in [0.1, 0.15) is 16.9 Å². The minimum absolute atomic E-state index is 0.0155. The van der Waals surface area contributed by atoms with Gasteiger partial charge in [0.05, 0.1) is 23.2 Å². The average molecular weight is 544 g/mol. The molecule has 2 aromatic carbocycles. The summed E-state index contributed by atoms with van der Waals surface area (Å²) in [5.41, 5.74) is 19.0. The van der Waals surface area contributed by atoms with Crippen molar-refractivity contribution < 1.29 is 22.7 Å². The van der Waals surface area contributed by atoms with Crippen LogP contribution in [0.5, 0.6) is 5.75 Å². The van der Waals surface area contributed by atoms with Gasteiger partial charge in [-0.3, -0.25) is 19.6 Å². The molecular formula is C25H29N5O5S2. The highest BCUT2D eigenvalue weighted by Crippen LogP contribution is 2.35. The maximum absolute atomic E-state index is 13.5. The lowest BCUT2D eigenvalue weighted by Gasteiger charge is -2.14. The summed E-state index contributed by atoms with van der Waals surface area (Å²) in [5, 5.41) is 4.34. The molecule has 0 spiro atoms. The average Bonchev–Trinajstić information content (AvgIpc) is 3.54. The van der Waals surface area contributed by atoms with Crippen LogP contribution in [0.4, 0.5) is 5.69 Å². The van der Waals surface area contributed by atoms with E-state index in [-0.39, 0.29) is 21.9 Å². The maximum atomic E-state index is 13.5. The highest BCUT2D eigenvalue weighted by atomic mass is 32.2. The van der Waals surface area contributed by atoms with Gasteiger partial charge in [0.25, 0.3) is 10.0 Å². The van der Waals surface area contributed by atoms with E-state index in [1.165, 1.54) is 12.1 Å². The third-order valence-corrected chi connectivity index (χ3v) is 8.26. The number of Topliss-reactive ketones (excluding diaryl/α,β-unsaturated/α-hetero) is 2. The molecule has 0 amide bonds. The van der Waals surface area contributed by atoms with Crippen LogP contribution >= 0.6 is 11.3 Å². The minimum atomic E-state index is -4.11. The standard InChI is InChI=1S/C25H29N5O5S2/c26-18(5-3-11-29-25(27)28)22(31)23(32)24-19(10-13-36-24)30-37(33,34)21-6-2-1-4-17(21)15-7-8-20-16(14-15)9-12-35-20/h1-2,4,6-8,10,13-14,18,25,29-30H,3,5,9,11-12,26-28H2/t18-/m0/s1. The molecule has 1 aliphatic heterocycles. The number of carbonyl (C=O) groups is 2. The van der Waals surface area contributed by atoms with Crippen LogP contribution in [-0.4, -0.2) is 45.5 Å². The van der Waals surface area contributed by atoms with Crippen LogP contribution in [0.15, 0.2) is 58.8 Å². The smallest absolute Gasteiger partial charge is 0.262 e. The van der Waals surface area contributed by atoms with Gasteiger partial charge in [0, 0.05) is 12.0 Å². The first-order valence-corrected chi connectivity index (χ1v) is 14.1. The Kier molecular flexibility index (Phi) is 8.37. The molecule has 3 aromatic rings. The number of ketones is 2. The van der Waals surface area contributed by atoms with Crippen LogP contribution in [0.1, 0.15) is 28.1 Å². The molecule has 2 heterocycles. The number of carbonyl (C=O) groups excluding carboxylic acids is 2. The number of thiophene rings is 1. The summed E-state index contributed by atoms with van der Waals surface area (Å²) in [7, 11) is -4.11. The highest BCUT2D eigenvalue weighted by molar-refractivity contribution is 7.92. The van der Waals surface area contributed by atoms with Crippen LogP contribution in [-0.2, 0) is 21.2 Å². The molecule has 0 saturated heterocycles. The third-order valence-electron chi connectivity index (χ3n) is 5.93. The zero-order chi connectivity index (χ0) is 26.6. The number of nitrogens with two attached hydrogens (primary N) is 3. The monoisotopic (exact) mass is 543 g/mol. The Balaban J connectivity index is 1.52. The second kappa shape index (κ2) is 11.5. The van der Waals surface area contributed by atoms with Gasteiger partial charge in [-0.15, -0.1) is 11.3 Å². The highest BCUT2D eigenvalue weighted by Gasteiger charge is 2.28. The molecule has 4 rings (SSSR count). The molecule has 10 nitrogen and oxygen atoms in total. The van der Waals surface area contributed by atoms with Crippen LogP contribution in [0.25, 0.3) is 11.1 Å². The zero-order valence-corrected chi connectivity index (χ0v) is 21.6. The lowest BCUT2D eigenvalue weighted by molar-refractivity contribution is -0.116. The van der Waals surface area contributed by atoms with E-state index in [9.17, 15) is 18.0 Å². The Bertz CT molecular complexity index is 1400. The number of fused-ring (bicyclic) bond motifs is 1. The summed E-state index contributed by atoms with van der Waals surface area (Å²) in [6.45, 7) is 1.03. The normalized spacial score (nSPS) is 13.7. The number of anilines is 1. The molecule has 8 N–H and O–H groups in total. The van der Waals surface area contributed by atoms with Gasteiger partial charge in [0.15, 0.2) is 0 Å². The van der Waals surface area contributed by atoms with Crippen molar-refractivity contribution in [1.29, 1.82) is 0 Å². The van der Waals surface area contributed by atoms with Gasteiger partial charge < -0.3 is 21.9 Å². The Hall–Kier alpha value is -3.13. The second-order valence-corrected chi connectivity index (χ2v) is 11.2. The molecule has 1 aliphatic rings. The second-order valence-electron chi connectivity index (χ2n) is 8.61. The Labute approximate surface area is 219 Å². The fourth-order valence-corrected chi connectivity index (χ4v) is 6.22. The Morgan fingerprint density at radius 1 is 1.08 bits per heavy atom.